The van der Waals surface area contributed by atoms with Crippen LogP contribution in [-0.4, -0.2) is 116 Å². The van der Waals surface area contributed by atoms with Crippen molar-refractivity contribution in [1.29, 1.82) is 0 Å². The molecule has 8 heterocycles. The molecule has 0 bridgehead atoms. The molecule has 22 nitrogen and oxygen atoms in total. The number of anilines is 2. The summed E-state index contributed by atoms with van der Waals surface area (Å²) in [5, 5.41) is 3.01. The molecule has 0 spiro atoms. The molecule has 1 aliphatic heterocycles. The van der Waals surface area contributed by atoms with Gasteiger partial charge in [-0.3, -0.25) is 47.4 Å². The number of nitrogens with zero attached hydrogens (tertiary/aromatic N) is 12. The van der Waals surface area contributed by atoms with E-state index in [-0.39, 0.29) is 40.1 Å². The topological polar surface area (TPSA) is 249 Å². The number of rotatable bonds is 17. The van der Waals surface area contributed by atoms with Crippen LogP contribution in [0.2, 0.25) is 0 Å². The Labute approximate surface area is 434 Å². The largest absolute Gasteiger partial charge is 0.379 e. The Hall–Kier alpha value is -8.44. The van der Waals surface area contributed by atoms with Crippen molar-refractivity contribution in [2.75, 3.05) is 56.2 Å². The molecule has 0 atom stereocenters. The predicted molar refractivity (Wildman–Crippen MR) is 285 cm³/mol. The van der Waals surface area contributed by atoms with Gasteiger partial charge in [0, 0.05) is 95.2 Å². The van der Waals surface area contributed by atoms with E-state index in [1.54, 1.807) is 40.9 Å². The molecule has 1 aromatic carbocycles. The number of H-pyrrole nitrogens is 2. The summed E-state index contributed by atoms with van der Waals surface area (Å²) < 4.78 is 24.2. The number of hydrogen-bond acceptors (Lipinski definition) is 13. The number of aromatic nitrogens is 11. The van der Waals surface area contributed by atoms with Crippen LogP contribution in [0.3, 0.4) is 0 Å². The molecule has 2 aliphatic rings. The number of carbonyl (C=O) groups excluding carboxylic acids is 2. The van der Waals surface area contributed by atoms with Crippen LogP contribution in [0.25, 0.3) is 45.1 Å². The zero-order valence-corrected chi connectivity index (χ0v) is 42.9. The number of nitrogens with one attached hydrogen (secondary N) is 3. The van der Waals surface area contributed by atoms with Gasteiger partial charge in [0.15, 0.2) is 11.3 Å². The highest BCUT2D eigenvalue weighted by Crippen LogP contribution is 2.33. The lowest BCUT2D eigenvalue weighted by Crippen LogP contribution is -2.46. The second-order valence-electron chi connectivity index (χ2n) is 18.6. The summed E-state index contributed by atoms with van der Waals surface area (Å²) in [6.07, 6.45) is 8.09. The number of aryl methyl sites for hydroxylation is 2. The number of carbonyl (C=O) groups is 2. The van der Waals surface area contributed by atoms with E-state index in [2.05, 4.69) is 45.1 Å². The van der Waals surface area contributed by atoms with Crippen molar-refractivity contribution in [3.05, 3.63) is 144 Å². The Bertz CT molecular complexity index is 3580. The first kappa shape index (κ1) is 52.4. The molecule has 1 saturated heterocycles. The molecule has 7 aromatic heterocycles. The molecule has 1 saturated carbocycles. The summed E-state index contributed by atoms with van der Waals surface area (Å²) in [5.74, 6) is 0.652. The van der Waals surface area contributed by atoms with E-state index in [1.807, 2.05) is 57.2 Å². The van der Waals surface area contributed by atoms with Gasteiger partial charge in [-0.1, -0.05) is 51.1 Å². The van der Waals surface area contributed by atoms with Gasteiger partial charge in [-0.25, -0.2) is 39.3 Å². The van der Waals surface area contributed by atoms with E-state index in [9.17, 15) is 33.2 Å². The zero-order chi connectivity index (χ0) is 53.5. The van der Waals surface area contributed by atoms with Gasteiger partial charge in [0.05, 0.1) is 18.8 Å². The number of pyridine rings is 3. The highest BCUT2D eigenvalue weighted by Gasteiger charge is 2.30. The maximum Gasteiger partial charge on any atom is 0.333 e. The fourth-order valence-corrected chi connectivity index (χ4v) is 8.97. The summed E-state index contributed by atoms with van der Waals surface area (Å²) in [4.78, 5) is 111. The molecule has 10 rings (SSSR count). The highest BCUT2D eigenvalue weighted by atomic mass is 19.1. The molecule has 76 heavy (non-hydrogen) atoms. The lowest BCUT2D eigenvalue weighted by molar-refractivity contribution is 0.0393. The van der Waals surface area contributed by atoms with E-state index >= 15 is 0 Å². The fraction of sp³-hybridized carbons (Fsp3) is 0.377. The number of urea groups is 1. The van der Waals surface area contributed by atoms with Crippen LogP contribution in [-0.2, 0) is 30.9 Å². The second kappa shape index (κ2) is 23.4. The van der Waals surface area contributed by atoms with Crippen LogP contribution in [0.5, 0.6) is 0 Å². The van der Waals surface area contributed by atoms with Crippen molar-refractivity contribution >= 4 is 45.9 Å². The smallest absolute Gasteiger partial charge is 0.333 e. The van der Waals surface area contributed by atoms with Crippen LogP contribution < -0.4 is 37.6 Å². The maximum atomic E-state index is 13.4. The van der Waals surface area contributed by atoms with Crippen LogP contribution in [0, 0.1) is 5.95 Å². The van der Waals surface area contributed by atoms with Crippen molar-refractivity contribution in [3.63, 3.8) is 0 Å². The third-order valence-corrected chi connectivity index (χ3v) is 13.1. The number of benzene rings is 1. The normalized spacial score (nSPS) is 13.6. The number of fused-ring (bicyclic) bond motifs is 2. The molecule has 3 N–H and O–H groups in total. The van der Waals surface area contributed by atoms with Gasteiger partial charge in [-0.15, -0.1) is 0 Å². The number of ether oxygens (including phenoxy) is 1. The number of halogens is 1. The van der Waals surface area contributed by atoms with Crippen LogP contribution in [0.15, 0.2) is 104 Å². The maximum absolute atomic E-state index is 13.4. The van der Waals surface area contributed by atoms with E-state index in [4.69, 9.17) is 4.74 Å². The Morgan fingerprint density at radius 3 is 1.86 bits per heavy atom. The van der Waals surface area contributed by atoms with Crippen LogP contribution in [0.1, 0.15) is 74.8 Å². The molecule has 0 unspecified atom stereocenters. The predicted octanol–water partition coefficient (Wildman–Crippen LogP) is 5.32. The Balaban J connectivity index is 0.000000190. The first-order valence-electron chi connectivity index (χ1n) is 25.6. The summed E-state index contributed by atoms with van der Waals surface area (Å²) >= 11 is 0. The van der Waals surface area contributed by atoms with Crippen molar-refractivity contribution < 1.29 is 18.7 Å². The van der Waals surface area contributed by atoms with Crippen molar-refractivity contribution in [3.8, 4) is 22.8 Å². The molecule has 8 aromatic rings. The van der Waals surface area contributed by atoms with Gasteiger partial charge in [-0.2, -0.15) is 4.39 Å². The Morgan fingerprint density at radius 1 is 0.697 bits per heavy atom. The highest BCUT2D eigenvalue weighted by molar-refractivity contribution is 6.05. The third kappa shape index (κ3) is 11.3. The fourth-order valence-electron chi connectivity index (χ4n) is 8.97. The van der Waals surface area contributed by atoms with Crippen molar-refractivity contribution in [2.24, 2.45) is 0 Å². The van der Waals surface area contributed by atoms with Gasteiger partial charge in [0.25, 0.3) is 17.0 Å². The quantitative estimate of drug-likeness (QED) is 0.0979. The number of hydrogen-bond donors (Lipinski definition) is 3. The minimum atomic E-state index is -0.668. The number of morpholine rings is 1. The Morgan fingerprint density at radius 2 is 1.29 bits per heavy atom. The SMILES string of the molecule is CCCn1c(=O)c2[nH]c(-c3ccc(N(C)C(=O)c4ccc(F)nc4)nc3)nc2n(CCC)c1=O.CCCn1c(=O)n(C2CC2)c(=O)c2[nH]c(-c3ccc(N(CCN4CCOCC4)C(=O)NCc4ccccc4)nc3)nc21. The lowest BCUT2D eigenvalue weighted by Gasteiger charge is -2.29. The molecule has 0 radical (unpaired) electrons. The van der Waals surface area contributed by atoms with Crippen LogP contribution in [0.4, 0.5) is 20.8 Å². The number of aromatic amines is 2. The molecule has 396 valence electrons. The summed E-state index contributed by atoms with van der Waals surface area (Å²) in [6, 6.07) is 18.9. The molecular weight excluding hydrogens is 978 g/mol. The van der Waals surface area contributed by atoms with Gasteiger partial charge >= 0.3 is 17.4 Å². The van der Waals surface area contributed by atoms with Gasteiger partial charge in [0.1, 0.15) is 34.3 Å². The number of amides is 3. The standard InChI is InChI=1S/C30H36N8O4.C23H24FN7O3/c1-2-12-37-27-25(28(39)38(30(37)41)23-9-10-23)33-26(34-27)22-8-11-24(31-20-22)36(14-13-35-15-17-42-18-16-35)29(40)32-19-21-6-4-3-5-7-21;1-4-10-30-20-18(22(33)31(11-5-2)23(30)34)27-19(28-20)14-7-9-17(26-12-14)29(3)21(32)15-6-8-16(24)25-13-15/h3-8,11,20,23H,2,9-10,12-19H2,1H3,(H,32,40)(H,33,34);6-9,12-13H,4-5,10-11H2,1-3H3,(H,27,28). The zero-order valence-electron chi connectivity index (χ0n) is 42.9. The van der Waals surface area contributed by atoms with E-state index in [1.165, 1.54) is 30.9 Å². The first-order chi connectivity index (χ1) is 36.9. The molecule has 1 aliphatic carbocycles. The van der Waals surface area contributed by atoms with E-state index in [0.717, 1.165) is 50.2 Å². The number of imidazole rings is 2. The Kier molecular flexibility index (Phi) is 16.1. The molecule has 3 amide bonds. The average molecular weight is 1040 g/mol. The minimum Gasteiger partial charge on any atom is -0.379 e. The van der Waals surface area contributed by atoms with E-state index < -0.39 is 17.4 Å². The molecular formula is C53H60FN15O7. The summed E-state index contributed by atoms with van der Waals surface area (Å²) in [5.41, 5.74) is 2.30. The average Bonchev–Trinajstić information content (AvgIpc) is 4.01. The molecule has 23 heteroatoms. The minimum absolute atomic E-state index is 0.0401. The summed E-state index contributed by atoms with van der Waals surface area (Å²) in [6.45, 7) is 11.6. The van der Waals surface area contributed by atoms with Crippen molar-refractivity contribution in [2.45, 2.75) is 85.1 Å². The van der Waals surface area contributed by atoms with Gasteiger partial charge < -0.3 is 20.0 Å². The van der Waals surface area contributed by atoms with Gasteiger partial charge in [-0.05, 0) is 74.1 Å². The first-order valence-corrected chi connectivity index (χ1v) is 25.6. The third-order valence-electron chi connectivity index (χ3n) is 13.1. The summed E-state index contributed by atoms with van der Waals surface area (Å²) in [7, 11) is 1.55. The van der Waals surface area contributed by atoms with Gasteiger partial charge in [0.2, 0.25) is 5.95 Å². The van der Waals surface area contributed by atoms with E-state index in [0.29, 0.717) is 117 Å². The monoisotopic (exact) mass is 1040 g/mol. The molecule has 2 fully saturated rings. The second-order valence-corrected chi connectivity index (χ2v) is 18.6. The van der Waals surface area contributed by atoms with Crippen LogP contribution >= 0.6 is 0 Å². The lowest BCUT2D eigenvalue weighted by atomic mass is 10.2. The van der Waals surface area contributed by atoms with Crippen molar-refractivity contribution in [1.82, 2.24) is 63.4 Å².